The summed E-state index contributed by atoms with van der Waals surface area (Å²) in [7, 11) is -2.12. The Morgan fingerprint density at radius 3 is 2.42 bits per heavy atom. The molecule has 1 heterocycles. The molecule has 1 fully saturated rings. The number of para-hydroxylation sites is 1. The molecule has 1 atom stereocenters. The molecular weight excluding hydrogens is 369 g/mol. The van der Waals surface area contributed by atoms with Crippen LogP contribution in [0.2, 0.25) is 10.0 Å². The van der Waals surface area contributed by atoms with E-state index in [4.69, 9.17) is 27.9 Å². The highest BCUT2D eigenvalue weighted by molar-refractivity contribution is 7.89. The van der Waals surface area contributed by atoms with Gasteiger partial charge in [0.25, 0.3) is 0 Å². The Morgan fingerprint density at radius 2 is 1.75 bits per heavy atom. The predicted octanol–water partition coefficient (Wildman–Crippen LogP) is 4.18. The lowest BCUT2D eigenvalue weighted by atomic mass is 9.97. The molecule has 0 bridgehead atoms. The van der Waals surface area contributed by atoms with E-state index < -0.39 is 10.0 Å². The van der Waals surface area contributed by atoms with Crippen LogP contribution in [0.4, 0.5) is 0 Å². The van der Waals surface area contributed by atoms with E-state index in [9.17, 15) is 8.42 Å². The molecule has 1 aliphatic heterocycles. The van der Waals surface area contributed by atoms with Crippen LogP contribution in [-0.2, 0) is 10.0 Å². The van der Waals surface area contributed by atoms with Gasteiger partial charge in [-0.25, -0.2) is 8.42 Å². The van der Waals surface area contributed by atoms with E-state index in [0.29, 0.717) is 13.1 Å². The van der Waals surface area contributed by atoms with Gasteiger partial charge >= 0.3 is 0 Å². The van der Waals surface area contributed by atoms with E-state index in [2.05, 4.69) is 0 Å². The fourth-order valence-corrected chi connectivity index (χ4v) is 5.65. The number of benzene rings is 2. The van der Waals surface area contributed by atoms with Gasteiger partial charge in [0.15, 0.2) is 0 Å². The first-order chi connectivity index (χ1) is 11.4. The summed E-state index contributed by atoms with van der Waals surface area (Å²) in [5.41, 5.74) is 1.02. The molecule has 0 aliphatic carbocycles. The van der Waals surface area contributed by atoms with Gasteiger partial charge < -0.3 is 4.74 Å². The quantitative estimate of drug-likeness (QED) is 0.792. The van der Waals surface area contributed by atoms with E-state index in [1.807, 2.05) is 24.3 Å². The van der Waals surface area contributed by atoms with Crippen molar-refractivity contribution in [2.24, 2.45) is 0 Å². The average molecular weight is 386 g/mol. The third-order valence-corrected chi connectivity index (χ3v) is 7.07. The zero-order valence-electron chi connectivity index (χ0n) is 13.1. The number of hydrogen-bond acceptors (Lipinski definition) is 3. The maximum Gasteiger partial charge on any atom is 0.246 e. The molecule has 2 aromatic carbocycles. The first-order valence-electron chi connectivity index (χ1n) is 7.52. The Labute approximate surface area is 152 Å². The summed E-state index contributed by atoms with van der Waals surface area (Å²) >= 11 is 12.2. The molecule has 2 aromatic rings. The first kappa shape index (κ1) is 17.5. The SMILES string of the molecule is COc1ccccc1C1CCN(S(=O)(=O)c2c(Cl)cccc2Cl)C1. The highest BCUT2D eigenvalue weighted by atomic mass is 35.5. The van der Waals surface area contributed by atoms with Gasteiger partial charge in [-0.15, -0.1) is 0 Å². The van der Waals surface area contributed by atoms with Gasteiger partial charge in [-0.2, -0.15) is 4.31 Å². The zero-order valence-corrected chi connectivity index (χ0v) is 15.4. The summed E-state index contributed by atoms with van der Waals surface area (Å²) in [5.74, 6) is 0.856. The van der Waals surface area contributed by atoms with Crippen LogP contribution in [0.1, 0.15) is 17.9 Å². The molecule has 1 unspecified atom stereocenters. The summed E-state index contributed by atoms with van der Waals surface area (Å²) in [6.07, 6.45) is 0.724. The topological polar surface area (TPSA) is 46.6 Å². The van der Waals surface area contributed by atoms with Crippen molar-refractivity contribution in [2.75, 3.05) is 20.2 Å². The smallest absolute Gasteiger partial charge is 0.246 e. The van der Waals surface area contributed by atoms with Crippen LogP contribution >= 0.6 is 23.2 Å². The van der Waals surface area contributed by atoms with Gasteiger partial charge in [0.05, 0.1) is 17.2 Å². The van der Waals surface area contributed by atoms with E-state index in [1.54, 1.807) is 13.2 Å². The fraction of sp³-hybridized carbons (Fsp3) is 0.294. The molecule has 0 aromatic heterocycles. The number of sulfonamides is 1. The lowest BCUT2D eigenvalue weighted by Gasteiger charge is -2.19. The maximum absolute atomic E-state index is 12.9. The fourth-order valence-electron chi connectivity index (χ4n) is 3.06. The largest absolute Gasteiger partial charge is 0.496 e. The van der Waals surface area contributed by atoms with Crippen molar-refractivity contribution < 1.29 is 13.2 Å². The Morgan fingerprint density at radius 1 is 1.08 bits per heavy atom. The van der Waals surface area contributed by atoms with Gasteiger partial charge in [0.1, 0.15) is 10.6 Å². The number of halogens is 2. The maximum atomic E-state index is 12.9. The van der Waals surface area contributed by atoms with Gasteiger partial charge in [0.2, 0.25) is 10.0 Å². The van der Waals surface area contributed by atoms with E-state index in [-0.39, 0.29) is 20.9 Å². The van der Waals surface area contributed by atoms with Crippen molar-refractivity contribution in [3.05, 3.63) is 58.1 Å². The summed E-state index contributed by atoms with van der Waals surface area (Å²) in [6.45, 7) is 0.802. The Bertz CT molecular complexity index is 834. The second-order valence-corrected chi connectivity index (χ2v) is 8.33. The second-order valence-electron chi connectivity index (χ2n) is 5.64. The molecule has 1 aliphatic rings. The molecule has 0 N–H and O–H groups in total. The van der Waals surface area contributed by atoms with Crippen molar-refractivity contribution in [3.63, 3.8) is 0 Å². The van der Waals surface area contributed by atoms with Crippen molar-refractivity contribution >= 4 is 33.2 Å². The molecule has 24 heavy (non-hydrogen) atoms. The standard InChI is InChI=1S/C17H17Cl2NO3S/c1-23-16-8-3-2-5-13(16)12-9-10-20(11-12)24(21,22)17-14(18)6-4-7-15(17)19/h2-8,12H,9-11H2,1H3. The molecule has 0 radical (unpaired) electrons. The highest BCUT2D eigenvalue weighted by Gasteiger charge is 2.36. The number of methoxy groups -OCH3 is 1. The van der Waals surface area contributed by atoms with Crippen LogP contribution in [0.25, 0.3) is 0 Å². The van der Waals surface area contributed by atoms with Crippen LogP contribution in [0, 0.1) is 0 Å². The molecule has 0 spiro atoms. The van der Waals surface area contributed by atoms with Gasteiger partial charge in [-0.1, -0.05) is 47.5 Å². The second kappa shape index (κ2) is 6.92. The summed E-state index contributed by atoms with van der Waals surface area (Å²) in [5, 5.41) is 0.284. The molecule has 3 rings (SSSR count). The monoisotopic (exact) mass is 385 g/mol. The van der Waals surface area contributed by atoms with Crippen LogP contribution in [0.15, 0.2) is 47.4 Å². The Hall–Kier alpha value is -1.27. The van der Waals surface area contributed by atoms with Crippen LogP contribution < -0.4 is 4.74 Å². The van der Waals surface area contributed by atoms with Crippen molar-refractivity contribution in [3.8, 4) is 5.75 Å². The average Bonchev–Trinajstić information content (AvgIpc) is 3.05. The Balaban J connectivity index is 1.90. The van der Waals surface area contributed by atoms with Gasteiger partial charge in [-0.3, -0.25) is 0 Å². The van der Waals surface area contributed by atoms with Gasteiger partial charge in [-0.05, 0) is 30.2 Å². The number of hydrogen-bond donors (Lipinski definition) is 0. The van der Waals surface area contributed by atoms with Crippen molar-refractivity contribution in [1.29, 1.82) is 0 Å². The predicted molar refractivity (Wildman–Crippen MR) is 95.6 cm³/mol. The van der Waals surface area contributed by atoms with Crippen LogP contribution in [-0.4, -0.2) is 32.9 Å². The summed E-state index contributed by atoms with van der Waals surface area (Å²) in [4.78, 5) is -0.0194. The van der Waals surface area contributed by atoms with Crippen molar-refractivity contribution in [1.82, 2.24) is 4.31 Å². The van der Waals surface area contributed by atoms with Crippen LogP contribution in [0.3, 0.4) is 0 Å². The van der Waals surface area contributed by atoms with Gasteiger partial charge in [0, 0.05) is 19.0 Å². The number of rotatable bonds is 4. The highest BCUT2D eigenvalue weighted by Crippen LogP contribution is 2.38. The van der Waals surface area contributed by atoms with Crippen molar-refractivity contribution in [2.45, 2.75) is 17.2 Å². The number of nitrogens with zero attached hydrogens (tertiary/aromatic N) is 1. The Kier molecular flexibility index (Phi) is 5.06. The first-order valence-corrected chi connectivity index (χ1v) is 9.72. The molecule has 1 saturated heterocycles. The minimum atomic E-state index is -3.73. The lowest BCUT2D eigenvalue weighted by Crippen LogP contribution is -2.29. The minimum Gasteiger partial charge on any atom is -0.496 e. The summed E-state index contributed by atoms with van der Waals surface area (Å²) < 4.78 is 32.7. The van der Waals surface area contributed by atoms with E-state index in [1.165, 1.54) is 16.4 Å². The van der Waals surface area contributed by atoms with Crippen LogP contribution in [0.5, 0.6) is 5.75 Å². The normalized spacial score (nSPS) is 18.7. The van der Waals surface area contributed by atoms with E-state index in [0.717, 1.165) is 17.7 Å². The molecule has 0 saturated carbocycles. The summed E-state index contributed by atoms with van der Waals surface area (Å²) in [6, 6.07) is 12.4. The molecule has 128 valence electrons. The molecular formula is C17H17Cl2NO3S. The molecule has 4 nitrogen and oxygen atoms in total. The lowest BCUT2D eigenvalue weighted by molar-refractivity contribution is 0.405. The zero-order chi connectivity index (χ0) is 17.3. The minimum absolute atomic E-state index is 0.0194. The number of ether oxygens (including phenoxy) is 1. The third kappa shape index (κ3) is 3.14. The molecule has 7 heteroatoms. The third-order valence-electron chi connectivity index (χ3n) is 4.25. The van der Waals surface area contributed by atoms with E-state index >= 15 is 0 Å². The molecule has 0 amide bonds.